The lowest BCUT2D eigenvalue weighted by Gasteiger charge is -2.14. The Morgan fingerprint density at radius 2 is 2.20 bits per heavy atom. The van der Waals surface area contributed by atoms with Gasteiger partial charge in [-0.2, -0.15) is 0 Å². The number of aryl methyl sites for hydroxylation is 1. The minimum Gasteiger partial charge on any atom is -0.293 e. The first-order chi connectivity index (χ1) is 7.14. The zero-order valence-corrected chi connectivity index (χ0v) is 9.80. The molecule has 0 N–H and O–H groups in total. The number of rotatable bonds is 1. The smallest absolute Gasteiger partial charge is 0.0435 e. The molecule has 1 aromatic carbocycles. The van der Waals surface area contributed by atoms with Gasteiger partial charge in [0, 0.05) is 22.7 Å². The Bertz CT molecular complexity index is 464. The summed E-state index contributed by atoms with van der Waals surface area (Å²) in [7, 11) is 0. The first kappa shape index (κ1) is 9.41. The van der Waals surface area contributed by atoms with E-state index in [-0.39, 0.29) is 5.41 Å². The predicted molar refractivity (Wildman–Crippen MR) is 64.0 cm³/mol. The van der Waals surface area contributed by atoms with E-state index in [1.54, 1.807) is 0 Å². The van der Waals surface area contributed by atoms with Gasteiger partial charge in [-0.3, -0.25) is 4.99 Å². The Morgan fingerprint density at radius 3 is 2.73 bits per heavy atom. The molecule has 1 aliphatic carbocycles. The Hall–Kier alpha value is -0.820. The molecule has 0 bridgehead atoms. The molecule has 1 unspecified atom stereocenters. The molecule has 1 nitrogen and oxygen atoms in total. The van der Waals surface area contributed by atoms with Crippen molar-refractivity contribution in [2.45, 2.75) is 25.7 Å². The molecular weight excluding hydrogens is 206 g/mol. The summed E-state index contributed by atoms with van der Waals surface area (Å²) in [5, 5.41) is 0.861. The lowest BCUT2D eigenvalue weighted by atomic mass is 9.89. The third-order valence-electron chi connectivity index (χ3n) is 3.97. The maximum absolute atomic E-state index is 6.05. The Balaban J connectivity index is 2.08. The van der Waals surface area contributed by atoms with Gasteiger partial charge >= 0.3 is 0 Å². The van der Waals surface area contributed by atoms with Gasteiger partial charge in [-0.15, -0.1) is 0 Å². The number of halogens is 1. The van der Waals surface area contributed by atoms with E-state index < -0.39 is 0 Å². The number of hydrogen-bond donors (Lipinski definition) is 0. The van der Waals surface area contributed by atoms with Crippen molar-refractivity contribution < 1.29 is 0 Å². The normalized spacial score (nSPS) is 32.5. The van der Waals surface area contributed by atoms with Crippen LogP contribution in [0.1, 0.15) is 24.5 Å². The van der Waals surface area contributed by atoms with Crippen molar-refractivity contribution in [3.8, 4) is 0 Å². The third-order valence-corrected chi connectivity index (χ3v) is 4.40. The molecule has 78 valence electrons. The highest BCUT2D eigenvalue weighted by Gasteiger charge is 2.60. The van der Waals surface area contributed by atoms with Crippen LogP contribution in [-0.4, -0.2) is 12.3 Å². The molecule has 15 heavy (non-hydrogen) atoms. The summed E-state index contributed by atoms with van der Waals surface area (Å²) < 4.78 is 0. The minimum atomic E-state index is 0.287. The predicted octanol–water partition coefficient (Wildman–Crippen LogP) is 3.38. The summed E-state index contributed by atoms with van der Waals surface area (Å²) in [5.41, 5.74) is 4.19. The number of benzene rings is 1. The van der Waals surface area contributed by atoms with Crippen LogP contribution in [0.2, 0.25) is 5.02 Å². The fraction of sp³-hybridized carbons (Fsp3) is 0.462. The van der Waals surface area contributed by atoms with Crippen LogP contribution in [0.5, 0.6) is 0 Å². The first-order valence-electron chi connectivity index (χ1n) is 5.43. The van der Waals surface area contributed by atoms with Crippen molar-refractivity contribution >= 4 is 17.3 Å². The average Bonchev–Trinajstić information content (AvgIpc) is 2.87. The molecule has 0 amide bonds. The summed E-state index contributed by atoms with van der Waals surface area (Å²) in [6.07, 6.45) is 1.28. The molecule has 0 saturated heterocycles. The van der Waals surface area contributed by atoms with E-state index >= 15 is 0 Å². The van der Waals surface area contributed by atoms with Gasteiger partial charge in [-0.25, -0.2) is 0 Å². The maximum atomic E-state index is 6.05. The van der Waals surface area contributed by atoms with Gasteiger partial charge in [0.1, 0.15) is 0 Å². The highest BCUT2D eigenvalue weighted by molar-refractivity contribution is 6.31. The molecule has 1 heterocycles. The van der Waals surface area contributed by atoms with Gasteiger partial charge in [0.05, 0.1) is 0 Å². The Kier molecular flexibility index (Phi) is 1.79. The lowest BCUT2D eigenvalue weighted by Crippen LogP contribution is -2.16. The molecule has 1 fully saturated rings. The van der Waals surface area contributed by atoms with Crippen molar-refractivity contribution in [3.05, 3.63) is 34.3 Å². The number of nitrogens with zero attached hydrogens (tertiary/aromatic N) is 1. The third kappa shape index (κ3) is 1.13. The van der Waals surface area contributed by atoms with Gasteiger partial charge in [0.15, 0.2) is 0 Å². The van der Waals surface area contributed by atoms with Crippen molar-refractivity contribution in [2.24, 2.45) is 10.9 Å². The SMILES string of the molecule is CC1=NCC2C[C@@]12c1ccc(Cl)c(C)c1. The van der Waals surface area contributed by atoms with E-state index in [2.05, 4.69) is 31.0 Å². The van der Waals surface area contributed by atoms with Crippen LogP contribution in [-0.2, 0) is 5.41 Å². The number of hydrogen-bond acceptors (Lipinski definition) is 1. The van der Waals surface area contributed by atoms with Crippen LogP contribution < -0.4 is 0 Å². The van der Waals surface area contributed by atoms with E-state index in [0.29, 0.717) is 0 Å². The van der Waals surface area contributed by atoms with Gasteiger partial charge in [0.25, 0.3) is 0 Å². The monoisotopic (exact) mass is 219 g/mol. The number of aliphatic imine (C=N–C) groups is 1. The molecule has 1 saturated carbocycles. The molecule has 2 aliphatic rings. The molecular formula is C13H14ClN. The Labute approximate surface area is 95.2 Å². The average molecular weight is 220 g/mol. The van der Waals surface area contributed by atoms with Gasteiger partial charge in [0.2, 0.25) is 0 Å². The second-order valence-electron chi connectivity index (χ2n) is 4.76. The molecule has 1 aliphatic heterocycles. The highest BCUT2D eigenvalue weighted by atomic mass is 35.5. The zero-order chi connectivity index (χ0) is 10.6. The molecule has 0 spiro atoms. The van der Waals surface area contributed by atoms with Crippen LogP contribution in [0.3, 0.4) is 0 Å². The molecule has 2 heteroatoms. The highest BCUT2D eigenvalue weighted by Crippen LogP contribution is 2.58. The van der Waals surface area contributed by atoms with Crippen LogP contribution in [0.4, 0.5) is 0 Å². The summed E-state index contributed by atoms with van der Waals surface area (Å²) in [6.45, 7) is 5.26. The van der Waals surface area contributed by atoms with Crippen LogP contribution in [0.25, 0.3) is 0 Å². The second kappa shape index (κ2) is 2.85. The fourth-order valence-electron chi connectivity index (χ4n) is 2.87. The molecule has 2 atom stereocenters. The summed E-state index contributed by atoms with van der Waals surface area (Å²) in [6, 6.07) is 6.41. The largest absolute Gasteiger partial charge is 0.293 e. The summed E-state index contributed by atoms with van der Waals surface area (Å²) in [5.74, 6) is 0.762. The Morgan fingerprint density at radius 1 is 1.40 bits per heavy atom. The standard InChI is InChI=1S/C13H14ClN/c1-8-5-10(3-4-12(8)14)13-6-11(13)7-15-9(13)2/h3-5,11H,6-7H2,1-2H3/t11?,13-/m0/s1. The molecule has 1 aromatic rings. The fourth-order valence-corrected chi connectivity index (χ4v) is 2.98. The topological polar surface area (TPSA) is 12.4 Å². The van der Waals surface area contributed by atoms with Crippen LogP contribution in [0, 0.1) is 12.8 Å². The van der Waals surface area contributed by atoms with Gasteiger partial charge in [-0.05, 0) is 43.4 Å². The summed E-state index contributed by atoms with van der Waals surface area (Å²) >= 11 is 6.05. The van der Waals surface area contributed by atoms with Gasteiger partial charge in [-0.1, -0.05) is 23.7 Å². The molecule has 0 aromatic heterocycles. The van der Waals surface area contributed by atoms with E-state index in [1.165, 1.54) is 23.3 Å². The van der Waals surface area contributed by atoms with Gasteiger partial charge < -0.3 is 0 Å². The maximum Gasteiger partial charge on any atom is 0.0435 e. The van der Waals surface area contributed by atoms with E-state index in [1.807, 2.05) is 6.07 Å². The molecule has 3 rings (SSSR count). The second-order valence-corrected chi connectivity index (χ2v) is 5.17. The van der Waals surface area contributed by atoms with E-state index in [4.69, 9.17) is 11.6 Å². The lowest BCUT2D eigenvalue weighted by molar-refractivity contribution is 0.810. The van der Waals surface area contributed by atoms with Crippen molar-refractivity contribution in [3.63, 3.8) is 0 Å². The van der Waals surface area contributed by atoms with E-state index in [9.17, 15) is 0 Å². The van der Waals surface area contributed by atoms with Crippen molar-refractivity contribution in [1.29, 1.82) is 0 Å². The number of fused-ring (bicyclic) bond motifs is 1. The van der Waals surface area contributed by atoms with Crippen LogP contribution >= 0.6 is 11.6 Å². The minimum absolute atomic E-state index is 0.287. The summed E-state index contributed by atoms with van der Waals surface area (Å²) in [4.78, 5) is 4.55. The van der Waals surface area contributed by atoms with Crippen molar-refractivity contribution in [2.75, 3.05) is 6.54 Å². The molecule has 0 radical (unpaired) electrons. The van der Waals surface area contributed by atoms with E-state index in [0.717, 1.165) is 17.5 Å². The quantitative estimate of drug-likeness (QED) is 0.687. The van der Waals surface area contributed by atoms with Crippen LogP contribution in [0.15, 0.2) is 23.2 Å². The van der Waals surface area contributed by atoms with Crippen molar-refractivity contribution in [1.82, 2.24) is 0 Å². The first-order valence-corrected chi connectivity index (χ1v) is 5.80. The zero-order valence-electron chi connectivity index (χ0n) is 9.05.